The third kappa shape index (κ3) is 2.17. The van der Waals surface area contributed by atoms with Crippen molar-refractivity contribution in [2.24, 2.45) is 0 Å². The summed E-state index contributed by atoms with van der Waals surface area (Å²) in [6.07, 6.45) is 3.17. The zero-order chi connectivity index (χ0) is 15.0. The molecule has 1 aromatic carbocycles. The van der Waals surface area contributed by atoms with Crippen LogP contribution in [0.4, 0.5) is 5.69 Å². The van der Waals surface area contributed by atoms with E-state index in [9.17, 15) is 13.2 Å². The molecule has 1 aliphatic heterocycles. The molecule has 0 radical (unpaired) electrons. The number of anilines is 1. The van der Waals surface area contributed by atoms with E-state index in [-0.39, 0.29) is 4.90 Å². The lowest BCUT2D eigenvalue weighted by atomic mass is 10.1. The van der Waals surface area contributed by atoms with Gasteiger partial charge in [0.2, 0.25) is 0 Å². The highest BCUT2D eigenvalue weighted by atomic mass is 32.2. The number of fused-ring (bicyclic) bond motifs is 1. The van der Waals surface area contributed by atoms with Crippen LogP contribution in [0.5, 0.6) is 0 Å². The maximum Gasteiger partial charge on any atom is 0.337 e. The number of carbonyl (C=O) groups is 1. The SMILES string of the molecule is COC(=O)c1ccc2c(c1)CCN2S(=O)(=O)c1cn[nH]c1. The quantitative estimate of drug-likeness (QED) is 0.852. The third-order valence-corrected chi connectivity index (χ3v) is 5.19. The number of aromatic amines is 1. The van der Waals surface area contributed by atoms with Crippen molar-refractivity contribution in [3.8, 4) is 0 Å². The largest absolute Gasteiger partial charge is 0.465 e. The van der Waals surface area contributed by atoms with E-state index in [1.807, 2.05) is 0 Å². The van der Waals surface area contributed by atoms with Gasteiger partial charge in [-0.15, -0.1) is 0 Å². The van der Waals surface area contributed by atoms with Crippen LogP contribution in [-0.4, -0.2) is 38.2 Å². The Morgan fingerprint density at radius 1 is 1.43 bits per heavy atom. The first-order valence-electron chi connectivity index (χ1n) is 6.27. The minimum atomic E-state index is -3.62. The number of H-pyrrole nitrogens is 1. The zero-order valence-electron chi connectivity index (χ0n) is 11.2. The summed E-state index contributed by atoms with van der Waals surface area (Å²) in [5.41, 5.74) is 1.81. The van der Waals surface area contributed by atoms with Crippen LogP contribution in [0.3, 0.4) is 0 Å². The second-order valence-corrected chi connectivity index (χ2v) is 6.46. The van der Waals surface area contributed by atoms with Crippen molar-refractivity contribution >= 4 is 21.7 Å². The van der Waals surface area contributed by atoms with Crippen molar-refractivity contribution in [1.29, 1.82) is 0 Å². The fraction of sp³-hybridized carbons (Fsp3) is 0.231. The summed E-state index contributed by atoms with van der Waals surface area (Å²) < 4.78 is 31.0. The predicted molar refractivity (Wildman–Crippen MR) is 74.6 cm³/mol. The molecule has 0 unspecified atom stereocenters. The molecule has 0 atom stereocenters. The van der Waals surface area contributed by atoms with E-state index < -0.39 is 16.0 Å². The lowest BCUT2D eigenvalue weighted by molar-refractivity contribution is 0.0600. The van der Waals surface area contributed by atoms with E-state index in [0.29, 0.717) is 24.2 Å². The van der Waals surface area contributed by atoms with Gasteiger partial charge in [-0.1, -0.05) is 0 Å². The number of methoxy groups -OCH3 is 1. The average molecular weight is 307 g/mol. The molecule has 0 amide bonds. The number of hydrogen-bond acceptors (Lipinski definition) is 5. The van der Waals surface area contributed by atoms with E-state index in [1.54, 1.807) is 18.2 Å². The Morgan fingerprint density at radius 2 is 2.24 bits per heavy atom. The van der Waals surface area contributed by atoms with Gasteiger partial charge in [0.05, 0.1) is 24.6 Å². The van der Waals surface area contributed by atoms with Crippen molar-refractivity contribution < 1.29 is 17.9 Å². The molecular weight excluding hydrogens is 294 g/mol. The van der Waals surface area contributed by atoms with Crippen molar-refractivity contribution in [3.63, 3.8) is 0 Å². The number of ether oxygens (including phenoxy) is 1. The van der Waals surface area contributed by atoms with Crippen LogP contribution in [0.25, 0.3) is 0 Å². The summed E-state index contributed by atoms with van der Waals surface area (Å²) in [6, 6.07) is 4.87. The molecule has 21 heavy (non-hydrogen) atoms. The highest BCUT2D eigenvalue weighted by molar-refractivity contribution is 7.92. The molecule has 0 saturated heterocycles. The topological polar surface area (TPSA) is 92.4 Å². The summed E-state index contributed by atoms with van der Waals surface area (Å²) in [4.78, 5) is 11.6. The van der Waals surface area contributed by atoms with Crippen LogP contribution in [0.15, 0.2) is 35.5 Å². The van der Waals surface area contributed by atoms with Crippen LogP contribution in [0.2, 0.25) is 0 Å². The normalized spacial score (nSPS) is 14.0. The van der Waals surface area contributed by atoms with Gasteiger partial charge in [-0.05, 0) is 30.2 Å². The number of sulfonamides is 1. The summed E-state index contributed by atoms with van der Waals surface area (Å²) in [7, 11) is -2.31. The molecule has 1 aromatic heterocycles. The minimum Gasteiger partial charge on any atom is -0.465 e. The Balaban J connectivity index is 2.00. The smallest absolute Gasteiger partial charge is 0.337 e. The van der Waals surface area contributed by atoms with E-state index in [2.05, 4.69) is 14.9 Å². The molecule has 2 aromatic rings. The Morgan fingerprint density at radius 3 is 2.90 bits per heavy atom. The molecule has 7 nitrogen and oxygen atoms in total. The van der Waals surface area contributed by atoms with Gasteiger partial charge in [-0.3, -0.25) is 9.40 Å². The van der Waals surface area contributed by atoms with Crippen molar-refractivity contribution in [2.45, 2.75) is 11.3 Å². The maximum absolute atomic E-state index is 12.5. The Kier molecular flexibility index (Phi) is 3.17. The molecule has 0 fully saturated rings. The summed E-state index contributed by atoms with van der Waals surface area (Å²) in [5.74, 6) is -0.436. The Bertz CT molecular complexity index is 784. The number of aromatic nitrogens is 2. The van der Waals surface area contributed by atoms with Gasteiger partial charge < -0.3 is 4.74 Å². The zero-order valence-corrected chi connectivity index (χ0v) is 12.1. The van der Waals surface area contributed by atoms with Crippen molar-refractivity contribution in [1.82, 2.24) is 10.2 Å². The molecule has 3 rings (SSSR count). The fourth-order valence-corrected chi connectivity index (χ4v) is 3.78. The molecule has 0 saturated carbocycles. The van der Waals surface area contributed by atoms with E-state index in [1.165, 1.54) is 23.8 Å². The lowest BCUT2D eigenvalue weighted by Crippen LogP contribution is -2.28. The third-order valence-electron chi connectivity index (χ3n) is 3.41. The average Bonchev–Trinajstić information content (AvgIpc) is 3.15. The minimum absolute atomic E-state index is 0.118. The fourth-order valence-electron chi connectivity index (χ4n) is 2.37. The number of benzene rings is 1. The highest BCUT2D eigenvalue weighted by Crippen LogP contribution is 2.33. The first-order chi connectivity index (χ1) is 10.0. The second kappa shape index (κ2) is 4.88. The standard InChI is InChI=1S/C13H13N3O4S/c1-20-13(17)10-2-3-12-9(6-10)4-5-16(12)21(18,19)11-7-14-15-8-11/h2-3,6-8H,4-5H2,1H3,(H,14,15). The van der Waals surface area contributed by atoms with Gasteiger partial charge in [0.1, 0.15) is 4.90 Å². The van der Waals surface area contributed by atoms with Crippen LogP contribution in [0.1, 0.15) is 15.9 Å². The van der Waals surface area contributed by atoms with Gasteiger partial charge in [-0.2, -0.15) is 5.10 Å². The van der Waals surface area contributed by atoms with Gasteiger partial charge in [-0.25, -0.2) is 13.2 Å². The van der Waals surface area contributed by atoms with E-state index in [0.717, 1.165) is 5.56 Å². The number of nitrogens with zero attached hydrogens (tertiary/aromatic N) is 2. The van der Waals surface area contributed by atoms with Gasteiger partial charge >= 0.3 is 5.97 Å². The first kappa shape index (κ1) is 13.6. The molecule has 110 valence electrons. The van der Waals surface area contributed by atoms with Crippen LogP contribution in [-0.2, 0) is 21.2 Å². The molecule has 2 heterocycles. The van der Waals surface area contributed by atoms with Crippen LogP contribution >= 0.6 is 0 Å². The Hall–Kier alpha value is -2.35. The summed E-state index contributed by atoms with van der Waals surface area (Å²) in [6.45, 7) is 0.341. The lowest BCUT2D eigenvalue weighted by Gasteiger charge is -2.18. The van der Waals surface area contributed by atoms with Gasteiger partial charge in [0.25, 0.3) is 10.0 Å². The molecular formula is C13H13N3O4S. The number of nitrogens with one attached hydrogen (secondary N) is 1. The monoisotopic (exact) mass is 307 g/mol. The van der Waals surface area contributed by atoms with Crippen molar-refractivity contribution in [2.75, 3.05) is 18.0 Å². The molecule has 1 N–H and O–H groups in total. The number of carbonyl (C=O) groups excluding carboxylic acids is 1. The van der Waals surface area contributed by atoms with Crippen molar-refractivity contribution in [3.05, 3.63) is 41.7 Å². The maximum atomic E-state index is 12.5. The molecule has 8 heteroatoms. The molecule has 1 aliphatic rings. The van der Waals surface area contributed by atoms with Crippen LogP contribution in [0, 0.1) is 0 Å². The van der Waals surface area contributed by atoms with E-state index in [4.69, 9.17) is 0 Å². The van der Waals surface area contributed by atoms with Gasteiger partial charge in [0.15, 0.2) is 0 Å². The number of rotatable bonds is 3. The second-order valence-electron chi connectivity index (χ2n) is 4.60. The first-order valence-corrected chi connectivity index (χ1v) is 7.71. The van der Waals surface area contributed by atoms with Gasteiger partial charge in [0, 0.05) is 12.7 Å². The molecule has 0 aliphatic carbocycles. The predicted octanol–water partition coefficient (Wildman–Crippen LogP) is 0.948. The molecule has 0 spiro atoms. The molecule has 0 bridgehead atoms. The number of hydrogen-bond donors (Lipinski definition) is 1. The number of esters is 1. The summed E-state index contributed by atoms with van der Waals surface area (Å²) >= 11 is 0. The van der Waals surface area contributed by atoms with Crippen LogP contribution < -0.4 is 4.31 Å². The van der Waals surface area contributed by atoms with E-state index >= 15 is 0 Å². The highest BCUT2D eigenvalue weighted by Gasteiger charge is 2.31. The summed E-state index contributed by atoms with van der Waals surface area (Å²) in [5, 5.41) is 6.17. The Labute approximate surface area is 121 Å².